The third-order valence-corrected chi connectivity index (χ3v) is 5.58. The molecule has 0 fully saturated rings. The Labute approximate surface area is 158 Å². The number of hydrogen-bond donors (Lipinski definition) is 1. The molecule has 0 aliphatic heterocycles. The van der Waals surface area contributed by atoms with E-state index in [1.165, 1.54) is 24.4 Å². The van der Waals surface area contributed by atoms with Crippen molar-refractivity contribution in [1.82, 2.24) is 9.97 Å². The standard InChI is InChI=1S/C14H14BrCl2N3O3S/c1-2-3-7-23-14-13(18-8-11(15)19-14)20-24(21,22)10-6-4-5-9(16)12(10)17/h4-6,8H,2-3,7H2,1H3,(H,18,20). The molecule has 2 rings (SSSR count). The topological polar surface area (TPSA) is 81.2 Å². The molecule has 1 N–H and O–H groups in total. The summed E-state index contributed by atoms with van der Waals surface area (Å²) in [5.74, 6) is 0.0601. The van der Waals surface area contributed by atoms with E-state index in [0.29, 0.717) is 11.2 Å². The highest BCUT2D eigenvalue weighted by Gasteiger charge is 2.22. The molecular formula is C14H14BrCl2N3O3S. The molecule has 0 radical (unpaired) electrons. The van der Waals surface area contributed by atoms with Crippen molar-refractivity contribution in [1.29, 1.82) is 0 Å². The van der Waals surface area contributed by atoms with E-state index in [4.69, 9.17) is 27.9 Å². The van der Waals surface area contributed by atoms with Crippen LogP contribution in [0.4, 0.5) is 5.82 Å². The molecule has 0 bridgehead atoms. The first kappa shape index (κ1) is 19.2. The van der Waals surface area contributed by atoms with Gasteiger partial charge in [0.05, 0.1) is 22.8 Å². The van der Waals surface area contributed by atoms with Gasteiger partial charge >= 0.3 is 0 Å². The first-order valence-electron chi connectivity index (χ1n) is 6.97. The molecule has 0 spiro atoms. The maximum absolute atomic E-state index is 12.6. The Balaban J connectivity index is 2.34. The quantitative estimate of drug-likeness (QED) is 0.621. The number of anilines is 1. The first-order chi connectivity index (χ1) is 11.3. The van der Waals surface area contributed by atoms with Gasteiger partial charge in [0, 0.05) is 0 Å². The van der Waals surface area contributed by atoms with Crippen molar-refractivity contribution in [2.75, 3.05) is 11.3 Å². The Hall–Kier alpha value is -1.09. The van der Waals surface area contributed by atoms with Crippen LogP contribution >= 0.6 is 39.1 Å². The zero-order chi connectivity index (χ0) is 17.7. The fourth-order valence-corrected chi connectivity index (χ4v) is 3.74. The van der Waals surface area contributed by atoms with Gasteiger partial charge in [-0.15, -0.1) is 0 Å². The lowest BCUT2D eigenvalue weighted by Crippen LogP contribution is -2.16. The molecular weight excluding hydrogens is 441 g/mol. The molecule has 6 nitrogen and oxygen atoms in total. The van der Waals surface area contributed by atoms with Crippen LogP contribution in [0.2, 0.25) is 10.0 Å². The predicted molar refractivity (Wildman–Crippen MR) is 97.4 cm³/mol. The number of nitrogens with one attached hydrogen (secondary N) is 1. The van der Waals surface area contributed by atoms with E-state index in [1.54, 1.807) is 0 Å². The molecule has 10 heteroatoms. The number of halogens is 3. The van der Waals surface area contributed by atoms with E-state index in [9.17, 15) is 8.42 Å². The number of nitrogens with zero attached hydrogens (tertiary/aromatic N) is 2. The summed E-state index contributed by atoms with van der Waals surface area (Å²) in [6, 6.07) is 4.34. The summed E-state index contributed by atoms with van der Waals surface area (Å²) in [6.45, 7) is 2.41. The van der Waals surface area contributed by atoms with Gasteiger partial charge in [0.15, 0.2) is 0 Å². The molecule has 2 aromatic rings. The molecule has 0 unspecified atom stereocenters. The van der Waals surface area contributed by atoms with Crippen LogP contribution in [0, 0.1) is 0 Å². The smallest absolute Gasteiger partial charge is 0.264 e. The summed E-state index contributed by atoms with van der Waals surface area (Å²) in [5, 5.41) is 0.0750. The van der Waals surface area contributed by atoms with Crippen LogP contribution in [-0.2, 0) is 10.0 Å². The molecule has 130 valence electrons. The molecule has 0 saturated carbocycles. The van der Waals surface area contributed by atoms with Crippen molar-refractivity contribution >= 4 is 55.0 Å². The van der Waals surface area contributed by atoms with Gasteiger partial charge in [0.2, 0.25) is 5.82 Å². The molecule has 1 heterocycles. The van der Waals surface area contributed by atoms with Gasteiger partial charge in [-0.05, 0) is 34.5 Å². The summed E-state index contributed by atoms with van der Waals surface area (Å²) in [6.07, 6.45) is 3.10. The van der Waals surface area contributed by atoms with Crippen LogP contribution in [0.5, 0.6) is 5.88 Å². The summed E-state index contributed by atoms with van der Waals surface area (Å²) in [4.78, 5) is 7.98. The minimum atomic E-state index is -4.00. The van der Waals surface area contributed by atoms with Crippen molar-refractivity contribution in [3.05, 3.63) is 39.0 Å². The average Bonchev–Trinajstić information content (AvgIpc) is 2.52. The van der Waals surface area contributed by atoms with E-state index in [0.717, 1.165) is 12.8 Å². The Bertz CT molecular complexity index is 834. The van der Waals surface area contributed by atoms with E-state index >= 15 is 0 Å². The summed E-state index contributed by atoms with van der Waals surface area (Å²) in [7, 11) is -4.00. The van der Waals surface area contributed by atoms with Crippen molar-refractivity contribution < 1.29 is 13.2 Å². The minimum Gasteiger partial charge on any atom is -0.475 e. The number of sulfonamides is 1. The molecule has 1 aromatic carbocycles. The fraction of sp³-hybridized carbons (Fsp3) is 0.286. The molecule has 24 heavy (non-hydrogen) atoms. The molecule has 0 amide bonds. The van der Waals surface area contributed by atoms with Crippen LogP contribution in [-0.4, -0.2) is 25.0 Å². The minimum absolute atomic E-state index is 0.0228. The van der Waals surface area contributed by atoms with E-state index in [2.05, 4.69) is 30.6 Å². The van der Waals surface area contributed by atoms with Crippen LogP contribution in [0.3, 0.4) is 0 Å². The predicted octanol–water partition coefficient (Wildman–Crippen LogP) is 4.53. The molecule has 1 aromatic heterocycles. The first-order valence-corrected chi connectivity index (χ1v) is 10.0. The lowest BCUT2D eigenvalue weighted by molar-refractivity contribution is 0.298. The monoisotopic (exact) mass is 453 g/mol. The Morgan fingerprint density at radius 1 is 1.33 bits per heavy atom. The van der Waals surface area contributed by atoms with Crippen LogP contribution in [0.25, 0.3) is 0 Å². The number of rotatable bonds is 7. The number of ether oxygens (including phenoxy) is 1. The largest absolute Gasteiger partial charge is 0.475 e. The van der Waals surface area contributed by atoms with Crippen molar-refractivity contribution in [2.24, 2.45) is 0 Å². The Kier molecular flexibility index (Phi) is 6.68. The van der Waals surface area contributed by atoms with Crippen LogP contribution in [0.15, 0.2) is 33.9 Å². The second-order valence-corrected chi connectivity index (χ2v) is 7.95. The van der Waals surface area contributed by atoms with Gasteiger partial charge < -0.3 is 4.74 Å². The molecule has 0 saturated heterocycles. The Morgan fingerprint density at radius 3 is 2.79 bits per heavy atom. The summed E-state index contributed by atoms with van der Waals surface area (Å²) in [5.41, 5.74) is 0. The molecule has 0 atom stereocenters. The fourth-order valence-electron chi connectivity index (χ4n) is 1.71. The summed E-state index contributed by atoms with van der Waals surface area (Å²) < 4.78 is 33.4. The average molecular weight is 455 g/mol. The highest BCUT2D eigenvalue weighted by molar-refractivity contribution is 9.10. The SMILES string of the molecule is CCCCOc1nc(Br)cnc1NS(=O)(=O)c1cccc(Cl)c1Cl. The number of benzene rings is 1. The van der Waals surface area contributed by atoms with Gasteiger partial charge in [-0.2, -0.15) is 0 Å². The van der Waals surface area contributed by atoms with Crippen LogP contribution < -0.4 is 9.46 Å². The van der Waals surface area contributed by atoms with E-state index in [-0.39, 0.29) is 26.6 Å². The lowest BCUT2D eigenvalue weighted by atomic mass is 10.4. The summed E-state index contributed by atoms with van der Waals surface area (Å²) >= 11 is 15.0. The van der Waals surface area contributed by atoms with Gasteiger partial charge in [0.25, 0.3) is 15.9 Å². The van der Waals surface area contributed by atoms with Gasteiger partial charge in [-0.25, -0.2) is 18.4 Å². The van der Waals surface area contributed by atoms with Crippen molar-refractivity contribution in [3.63, 3.8) is 0 Å². The zero-order valence-corrected chi connectivity index (χ0v) is 16.5. The van der Waals surface area contributed by atoms with Crippen LogP contribution in [0.1, 0.15) is 19.8 Å². The zero-order valence-electron chi connectivity index (χ0n) is 12.6. The third kappa shape index (κ3) is 4.72. The normalized spacial score (nSPS) is 11.3. The second-order valence-electron chi connectivity index (χ2n) is 4.71. The maximum atomic E-state index is 12.6. The molecule has 0 aliphatic carbocycles. The third-order valence-electron chi connectivity index (χ3n) is 2.88. The number of hydrogen-bond acceptors (Lipinski definition) is 5. The second kappa shape index (κ2) is 8.33. The van der Waals surface area contributed by atoms with E-state index in [1.807, 2.05) is 6.92 Å². The van der Waals surface area contributed by atoms with Gasteiger partial charge in [-0.3, -0.25) is 4.72 Å². The molecule has 0 aliphatic rings. The van der Waals surface area contributed by atoms with Gasteiger partial charge in [-0.1, -0.05) is 42.6 Å². The number of aromatic nitrogens is 2. The number of unbranched alkanes of at least 4 members (excludes halogenated alkanes) is 1. The van der Waals surface area contributed by atoms with Crippen molar-refractivity contribution in [3.8, 4) is 5.88 Å². The van der Waals surface area contributed by atoms with Gasteiger partial charge in [0.1, 0.15) is 9.50 Å². The Morgan fingerprint density at radius 2 is 2.08 bits per heavy atom. The lowest BCUT2D eigenvalue weighted by Gasteiger charge is -2.13. The highest BCUT2D eigenvalue weighted by atomic mass is 79.9. The highest BCUT2D eigenvalue weighted by Crippen LogP contribution is 2.31. The van der Waals surface area contributed by atoms with E-state index < -0.39 is 10.0 Å². The maximum Gasteiger partial charge on any atom is 0.264 e. The van der Waals surface area contributed by atoms with Crippen molar-refractivity contribution in [2.45, 2.75) is 24.7 Å².